The fourth-order valence-electron chi connectivity index (χ4n) is 7.02. The summed E-state index contributed by atoms with van der Waals surface area (Å²) in [6.07, 6.45) is 1.14. The van der Waals surface area contributed by atoms with Crippen LogP contribution >= 0.6 is 8.58 Å². The number of H-pyrrole nitrogens is 2. The van der Waals surface area contributed by atoms with E-state index in [1.807, 2.05) is 0 Å². The monoisotopic (exact) mass is 542 g/mol. The molecule has 2 atom stereocenters. The number of aromatic amines is 2. The Hall–Kier alpha value is -4.65. The van der Waals surface area contributed by atoms with Gasteiger partial charge in [-0.3, -0.25) is 0 Å². The Bertz CT molecular complexity index is 2270. The number of nitrogens with one attached hydrogen (secondary N) is 2. The lowest BCUT2D eigenvalue weighted by molar-refractivity contribution is 0.968. The van der Waals surface area contributed by atoms with Crippen molar-refractivity contribution >= 4 is 57.5 Å². The molecular weight excluding hydrogens is 515 g/mol. The lowest BCUT2D eigenvalue weighted by Gasteiger charge is -2.17. The lowest BCUT2D eigenvalue weighted by atomic mass is 9.87. The summed E-state index contributed by atoms with van der Waals surface area (Å²) in [6, 6.07) is 46.7. The van der Waals surface area contributed by atoms with Crippen molar-refractivity contribution in [3.05, 3.63) is 139 Å². The predicted octanol–water partition coefficient (Wildman–Crippen LogP) is 9.74. The zero-order valence-electron chi connectivity index (χ0n) is 22.4. The second-order valence-corrected chi connectivity index (χ2v) is 12.4. The molecule has 9 rings (SSSR count). The molecule has 0 amide bonds. The summed E-state index contributed by atoms with van der Waals surface area (Å²) in [4.78, 5) is 7.56. The first-order valence-electron chi connectivity index (χ1n) is 14.3. The van der Waals surface area contributed by atoms with E-state index in [4.69, 9.17) is 0 Å². The Morgan fingerprint density at radius 1 is 0.488 bits per heavy atom. The van der Waals surface area contributed by atoms with Crippen molar-refractivity contribution in [1.29, 1.82) is 0 Å². The van der Waals surface area contributed by atoms with Crippen molar-refractivity contribution in [2.75, 3.05) is 6.16 Å². The largest absolute Gasteiger partial charge is 0.354 e. The Balaban J connectivity index is 1.31. The van der Waals surface area contributed by atoms with Gasteiger partial charge in [-0.05, 0) is 63.5 Å². The Labute approximate surface area is 239 Å². The standard InChI is InChI=1S/C38H27N2P/c1-2-10-23(11-3-1)24-20-31(29-16-8-14-27-25-12-4-6-18-34(25)39-36(27)29)38-32(21-24)33(22-41-38)30-17-9-15-28-26-13-5-7-19-35(26)40-37(28)30/h1-21,33,39-41H,22H2. The summed E-state index contributed by atoms with van der Waals surface area (Å²) in [5.41, 5.74) is 13.0. The molecule has 3 heteroatoms. The summed E-state index contributed by atoms with van der Waals surface area (Å²) in [5.74, 6) is 0.351. The molecule has 0 saturated heterocycles. The molecule has 6 aromatic carbocycles. The van der Waals surface area contributed by atoms with Crippen molar-refractivity contribution in [2.24, 2.45) is 0 Å². The van der Waals surface area contributed by atoms with Crippen LogP contribution in [0.5, 0.6) is 0 Å². The van der Waals surface area contributed by atoms with Gasteiger partial charge in [0.05, 0.1) is 11.0 Å². The molecule has 2 aromatic heterocycles. The van der Waals surface area contributed by atoms with Gasteiger partial charge >= 0.3 is 0 Å². The van der Waals surface area contributed by atoms with E-state index < -0.39 is 0 Å². The highest BCUT2D eigenvalue weighted by atomic mass is 31.1. The Kier molecular flexibility index (Phi) is 5.03. The van der Waals surface area contributed by atoms with Crippen LogP contribution in [0.1, 0.15) is 17.0 Å². The fraction of sp³-hybridized carbons (Fsp3) is 0.0526. The molecule has 0 spiro atoms. The van der Waals surface area contributed by atoms with Crippen molar-refractivity contribution in [2.45, 2.75) is 5.92 Å². The minimum atomic E-state index is 0.351. The Morgan fingerprint density at radius 3 is 1.90 bits per heavy atom. The highest BCUT2D eigenvalue weighted by Crippen LogP contribution is 2.46. The van der Waals surface area contributed by atoms with Gasteiger partial charge in [0.25, 0.3) is 0 Å². The molecule has 3 heterocycles. The molecule has 0 bridgehead atoms. The van der Waals surface area contributed by atoms with Crippen LogP contribution in [0.2, 0.25) is 0 Å². The molecule has 41 heavy (non-hydrogen) atoms. The van der Waals surface area contributed by atoms with Crippen LogP contribution in [0, 0.1) is 0 Å². The lowest BCUT2D eigenvalue weighted by Crippen LogP contribution is -2.08. The van der Waals surface area contributed by atoms with Gasteiger partial charge < -0.3 is 9.97 Å². The maximum atomic E-state index is 3.78. The van der Waals surface area contributed by atoms with Gasteiger partial charge in [0.2, 0.25) is 0 Å². The average molecular weight is 543 g/mol. The first-order valence-corrected chi connectivity index (χ1v) is 15.5. The predicted molar refractivity (Wildman–Crippen MR) is 177 cm³/mol. The topological polar surface area (TPSA) is 31.6 Å². The number of aromatic nitrogens is 2. The fourth-order valence-corrected chi connectivity index (χ4v) is 8.72. The molecule has 2 nitrogen and oxygen atoms in total. The van der Waals surface area contributed by atoms with Gasteiger partial charge in [0.15, 0.2) is 0 Å². The van der Waals surface area contributed by atoms with Crippen molar-refractivity contribution < 1.29 is 0 Å². The van der Waals surface area contributed by atoms with Crippen LogP contribution in [-0.2, 0) is 0 Å². The number of benzene rings is 6. The minimum Gasteiger partial charge on any atom is -0.354 e. The first kappa shape index (κ1) is 23.1. The molecular formula is C38H27N2P. The third-order valence-electron chi connectivity index (χ3n) is 8.91. The number of para-hydroxylation sites is 4. The van der Waals surface area contributed by atoms with Crippen LogP contribution in [0.3, 0.4) is 0 Å². The summed E-state index contributed by atoms with van der Waals surface area (Å²) >= 11 is 0. The number of fused-ring (bicyclic) bond motifs is 7. The molecule has 2 N–H and O–H groups in total. The summed E-state index contributed by atoms with van der Waals surface area (Å²) < 4.78 is 0. The van der Waals surface area contributed by atoms with Crippen LogP contribution in [0.15, 0.2) is 127 Å². The molecule has 0 aliphatic carbocycles. The third-order valence-corrected chi connectivity index (χ3v) is 10.4. The molecule has 0 fully saturated rings. The molecule has 1 aliphatic heterocycles. The second kappa shape index (κ2) is 8.93. The van der Waals surface area contributed by atoms with Crippen molar-refractivity contribution in [3.8, 4) is 22.3 Å². The van der Waals surface area contributed by atoms with Gasteiger partial charge in [-0.15, -0.1) is 0 Å². The van der Waals surface area contributed by atoms with E-state index in [1.54, 1.807) is 0 Å². The van der Waals surface area contributed by atoms with Gasteiger partial charge in [-0.25, -0.2) is 0 Å². The minimum absolute atomic E-state index is 0.351. The smallest absolute Gasteiger partial charge is 0.0544 e. The number of hydrogen-bond acceptors (Lipinski definition) is 0. The summed E-state index contributed by atoms with van der Waals surface area (Å²) in [5, 5.41) is 6.70. The highest BCUT2D eigenvalue weighted by Gasteiger charge is 2.30. The van der Waals surface area contributed by atoms with E-state index in [9.17, 15) is 0 Å². The Morgan fingerprint density at radius 2 is 1.12 bits per heavy atom. The van der Waals surface area contributed by atoms with Gasteiger partial charge in [-0.1, -0.05) is 112 Å². The molecule has 1 aliphatic rings. The van der Waals surface area contributed by atoms with E-state index in [0.717, 1.165) is 14.7 Å². The molecule has 2 unspecified atom stereocenters. The summed E-state index contributed by atoms with van der Waals surface area (Å²) in [7, 11) is 0.756. The SMILES string of the molecule is c1ccc(-c2cc(-c3cccc4c3[nH]c3ccccc34)c3c(c2)C(c2cccc4c2[nH]c2ccccc24)CP3)cc1. The van der Waals surface area contributed by atoms with E-state index >= 15 is 0 Å². The molecule has 0 radical (unpaired) electrons. The van der Waals surface area contributed by atoms with E-state index in [-0.39, 0.29) is 0 Å². The quantitative estimate of drug-likeness (QED) is 0.208. The third kappa shape index (κ3) is 3.48. The number of hydrogen-bond donors (Lipinski definition) is 2. The van der Waals surface area contributed by atoms with E-state index in [0.29, 0.717) is 5.92 Å². The number of rotatable bonds is 3. The summed E-state index contributed by atoms with van der Waals surface area (Å²) in [6.45, 7) is 0. The molecule has 0 saturated carbocycles. The maximum Gasteiger partial charge on any atom is 0.0544 e. The van der Waals surface area contributed by atoms with Crippen LogP contribution in [0.4, 0.5) is 0 Å². The normalized spacial score (nSPS) is 15.5. The van der Waals surface area contributed by atoms with Crippen LogP contribution in [-0.4, -0.2) is 16.1 Å². The zero-order chi connectivity index (χ0) is 26.9. The van der Waals surface area contributed by atoms with Gasteiger partial charge in [0.1, 0.15) is 0 Å². The molecule has 194 valence electrons. The van der Waals surface area contributed by atoms with Crippen molar-refractivity contribution in [1.82, 2.24) is 9.97 Å². The average Bonchev–Trinajstić information content (AvgIpc) is 3.74. The maximum absolute atomic E-state index is 3.78. The molecule has 8 aromatic rings. The zero-order valence-corrected chi connectivity index (χ0v) is 23.4. The van der Waals surface area contributed by atoms with Crippen LogP contribution < -0.4 is 5.30 Å². The highest BCUT2D eigenvalue weighted by molar-refractivity contribution is 7.48. The van der Waals surface area contributed by atoms with Gasteiger partial charge in [0, 0.05) is 44.1 Å². The second-order valence-electron chi connectivity index (χ2n) is 11.1. The van der Waals surface area contributed by atoms with E-state index in [2.05, 4.69) is 137 Å². The van der Waals surface area contributed by atoms with Crippen molar-refractivity contribution in [3.63, 3.8) is 0 Å². The van der Waals surface area contributed by atoms with Crippen LogP contribution in [0.25, 0.3) is 65.9 Å². The van der Waals surface area contributed by atoms with Gasteiger partial charge in [-0.2, -0.15) is 0 Å². The first-order chi connectivity index (χ1) is 20.3. The van der Waals surface area contributed by atoms with E-state index in [1.165, 1.54) is 82.3 Å².